The van der Waals surface area contributed by atoms with E-state index in [0.29, 0.717) is 13.0 Å². The van der Waals surface area contributed by atoms with Gasteiger partial charge in [-0.1, -0.05) is 6.92 Å². The SMILES string of the molecule is CC(CCNc1nn(C)cc1[N+](=O)[O-])CCC(=O)O. The lowest BCUT2D eigenvalue weighted by atomic mass is 10.0. The van der Waals surface area contributed by atoms with Crippen LogP contribution in [0.4, 0.5) is 11.5 Å². The predicted molar refractivity (Wildman–Crippen MR) is 69.0 cm³/mol. The van der Waals surface area contributed by atoms with Gasteiger partial charge in [0.1, 0.15) is 6.20 Å². The van der Waals surface area contributed by atoms with Crippen LogP contribution in [-0.4, -0.2) is 32.3 Å². The van der Waals surface area contributed by atoms with Crippen LogP contribution in [0.15, 0.2) is 6.20 Å². The average Bonchev–Trinajstić information content (AvgIpc) is 2.68. The summed E-state index contributed by atoms with van der Waals surface area (Å²) in [5, 5.41) is 26.2. The van der Waals surface area contributed by atoms with Crippen molar-refractivity contribution in [1.29, 1.82) is 0 Å². The molecule has 0 saturated heterocycles. The molecule has 1 heterocycles. The summed E-state index contributed by atoms with van der Waals surface area (Å²) in [6.45, 7) is 2.48. The largest absolute Gasteiger partial charge is 0.481 e. The van der Waals surface area contributed by atoms with Gasteiger partial charge in [-0.3, -0.25) is 19.6 Å². The van der Waals surface area contributed by atoms with E-state index in [-0.39, 0.29) is 23.8 Å². The fraction of sp³-hybridized carbons (Fsp3) is 0.636. The van der Waals surface area contributed by atoms with Crippen LogP contribution in [0.5, 0.6) is 0 Å². The Hall–Kier alpha value is -2.12. The summed E-state index contributed by atoms with van der Waals surface area (Å²) in [6, 6.07) is 0. The minimum absolute atomic E-state index is 0.0549. The zero-order valence-electron chi connectivity index (χ0n) is 11.0. The van der Waals surface area contributed by atoms with Crippen molar-refractivity contribution in [3.63, 3.8) is 0 Å². The third kappa shape index (κ3) is 4.94. The third-order valence-corrected chi connectivity index (χ3v) is 2.79. The Kier molecular flexibility index (Phi) is 5.28. The second-order valence-electron chi connectivity index (χ2n) is 4.55. The lowest BCUT2D eigenvalue weighted by molar-refractivity contribution is -0.384. The Bertz CT molecular complexity index is 458. The lowest BCUT2D eigenvalue weighted by Crippen LogP contribution is -2.09. The first-order valence-electron chi connectivity index (χ1n) is 6.04. The highest BCUT2D eigenvalue weighted by atomic mass is 16.6. The molecule has 106 valence electrons. The van der Waals surface area contributed by atoms with Gasteiger partial charge in [0.15, 0.2) is 0 Å². The Balaban J connectivity index is 2.40. The van der Waals surface area contributed by atoms with E-state index in [1.807, 2.05) is 6.92 Å². The number of carboxylic acids is 1. The number of aryl methyl sites for hydroxylation is 1. The molecule has 1 aromatic rings. The van der Waals surface area contributed by atoms with Crippen molar-refractivity contribution in [2.45, 2.75) is 26.2 Å². The van der Waals surface area contributed by atoms with Crippen molar-refractivity contribution < 1.29 is 14.8 Å². The number of carboxylic acid groups (broad SMARTS) is 1. The molecule has 0 aliphatic heterocycles. The quantitative estimate of drug-likeness (QED) is 0.548. The van der Waals surface area contributed by atoms with Gasteiger partial charge >= 0.3 is 11.7 Å². The van der Waals surface area contributed by atoms with Crippen LogP contribution in [0.25, 0.3) is 0 Å². The normalized spacial score (nSPS) is 12.1. The first-order chi connectivity index (χ1) is 8.90. The van der Waals surface area contributed by atoms with Gasteiger partial charge in [0.05, 0.1) is 4.92 Å². The molecule has 0 spiro atoms. The van der Waals surface area contributed by atoms with E-state index in [0.717, 1.165) is 6.42 Å². The molecule has 8 heteroatoms. The molecule has 1 aromatic heterocycles. The molecule has 8 nitrogen and oxygen atoms in total. The molecule has 1 rings (SSSR count). The van der Waals surface area contributed by atoms with Crippen molar-refractivity contribution >= 4 is 17.5 Å². The minimum atomic E-state index is -0.805. The van der Waals surface area contributed by atoms with Crippen molar-refractivity contribution in [2.24, 2.45) is 13.0 Å². The molecule has 0 aromatic carbocycles. The van der Waals surface area contributed by atoms with E-state index in [1.54, 1.807) is 7.05 Å². The Morgan fingerprint density at radius 1 is 1.63 bits per heavy atom. The highest BCUT2D eigenvalue weighted by molar-refractivity contribution is 5.66. The molecule has 0 radical (unpaired) electrons. The summed E-state index contributed by atoms with van der Waals surface area (Å²) in [6.07, 6.45) is 2.82. The Labute approximate surface area is 110 Å². The molecule has 0 aliphatic carbocycles. The van der Waals surface area contributed by atoms with E-state index in [9.17, 15) is 14.9 Å². The molecule has 1 unspecified atom stereocenters. The molecular formula is C11H18N4O4. The first kappa shape index (κ1) is 14.9. The minimum Gasteiger partial charge on any atom is -0.481 e. The van der Waals surface area contributed by atoms with E-state index in [4.69, 9.17) is 5.11 Å². The van der Waals surface area contributed by atoms with Crippen molar-refractivity contribution in [1.82, 2.24) is 9.78 Å². The van der Waals surface area contributed by atoms with Crippen LogP contribution in [-0.2, 0) is 11.8 Å². The van der Waals surface area contributed by atoms with Gasteiger partial charge in [-0.05, 0) is 18.8 Å². The number of aliphatic carboxylic acids is 1. The van der Waals surface area contributed by atoms with Gasteiger partial charge in [-0.15, -0.1) is 5.10 Å². The van der Waals surface area contributed by atoms with Gasteiger partial charge in [-0.2, -0.15) is 0 Å². The highest BCUT2D eigenvalue weighted by Gasteiger charge is 2.18. The molecule has 0 aliphatic rings. The summed E-state index contributed by atoms with van der Waals surface area (Å²) in [5.41, 5.74) is -0.0549. The molecule has 2 N–H and O–H groups in total. The van der Waals surface area contributed by atoms with Crippen LogP contribution in [0.1, 0.15) is 26.2 Å². The maximum atomic E-state index is 10.8. The summed E-state index contributed by atoms with van der Waals surface area (Å²) in [5.74, 6) is -0.315. The second-order valence-corrected chi connectivity index (χ2v) is 4.55. The summed E-state index contributed by atoms with van der Waals surface area (Å²) in [4.78, 5) is 20.7. The topological polar surface area (TPSA) is 110 Å². The van der Waals surface area contributed by atoms with Crippen LogP contribution in [0, 0.1) is 16.0 Å². The number of nitrogens with zero attached hydrogens (tertiary/aromatic N) is 3. The summed E-state index contributed by atoms with van der Waals surface area (Å²) in [7, 11) is 1.62. The second kappa shape index (κ2) is 6.72. The molecule has 0 bridgehead atoms. The number of hydrogen-bond donors (Lipinski definition) is 2. The average molecular weight is 270 g/mol. The monoisotopic (exact) mass is 270 g/mol. The van der Waals surface area contributed by atoms with Crippen molar-refractivity contribution in [2.75, 3.05) is 11.9 Å². The van der Waals surface area contributed by atoms with Gasteiger partial charge in [-0.25, -0.2) is 0 Å². The van der Waals surface area contributed by atoms with E-state index in [2.05, 4.69) is 10.4 Å². The van der Waals surface area contributed by atoms with Crippen LogP contribution in [0.2, 0.25) is 0 Å². The fourth-order valence-electron chi connectivity index (χ4n) is 1.69. The van der Waals surface area contributed by atoms with E-state index >= 15 is 0 Å². The fourth-order valence-corrected chi connectivity index (χ4v) is 1.69. The van der Waals surface area contributed by atoms with Gasteiger partial charge in [0, 0.05) is 20.0 Å². The van der Waals surface area contributed by atoms with Crippen molar-refractivity contribution in [3.05, 3.63) is 16.3 Å². The smallest absolute Gasteiger partial charge is 0.330 e. The van der Waals surface area contributed by atoms with Crippen LogP contribution < -0.4 is 5.32 Å². The summed E-state index contributed by atoms with van der Waals surface area (Å²) >= 11 is 0. The van der Waals surface area contributed by atoms with E-state index in [1.165, 1.54) is 10.9 Å². The Morgan fingerprint density at radius 2 is 2.32 bits per heavy atom. The number of nitro groups is 1. The predicted octanol–water partition coefficient (Wildman–Crippen LogP) is 1.63. The van der Waals surface area contributed by atoms with Gasteiger partial charge in [0.25, 0.3) is 0 Å². The number of aromatic nitrogens is 2. The highest BCUT2D eigenvalue weighted by Crippen LogP contribution is 2.21. The van der Waals surface area contributed by atoms with Crippen LogP contribution in [0.3, 0.4) is 0 Å². The maximum absolute atomic E-state index is 10.8. The molecule has 0 fully saturated rings. The van der Waals surface area contributed by atoms with E-state index < -0.39 is 10.9 Å². The third-order valence-electron chi connectivity index (χ3n) is 2.79. The molecule has 1 atom stereocenters. The zero-order chi connectivity index (χ0) is 14.4. The van der Waals surface area contributed by atoms with Gasteiger partial charge in [0.2, 0.25) is 5.82 Å². The van der Waals surface area contributed by atoms with Crippen molar-refractivity contribution in [3.8, 4) is 0 Å². The number of rotatable bonds is 8. The Morgan fingerprint density at radius 3 is 2.89 bits per heavy atom. The molecule has 0 amide bonds. The zero-order valence-corrected chi connectivity index (χ0v) is 11.0. The number of anilines is 1. The maximum Gasteiger partial charge on any atom is 0.330 e. The lowest BCUT2D eigenvalue weighted by Gasteiger charge is -2.09. The standard InChI is InChI=1S/C11H18N4O4/c1-8(3-4-10(16)17)5-6-12-11-9(15(18)19)7-14(2)13-11/h7-8H,3-6H2,1-2H3,(H,12,13)(H,16,17). The molecular weight excluding hydrogens is 252 g/mol. The number of hydrogen-bond acceptors (Lipinski definition) is 5. The van der Waals surface area contributed by atoms with Crippen LogP contribution >= 0.6 is 0 Å². The number of nitrogens with one attached hydrogen (secondary N) is 1. The number of carbonyl (C=O) groups is 1. The van der Waals surface area contributed by atoms with Gasteiger partial charge < -0.3 is 10.4 Å². The summed E-state index contributed by atoms with van der Waals surface area (Å²) < 4.78 is 1.38. The molecule has 19 heavy (non-hydrogen) atoms. The first-order valence-corrected chi connectivity index (χ1v) is 6.04. The molecule has 0 saturated carbocycles.